The largest absolute Gasteiger partial charge is 0.399 e. The van der Waals surface area contributed by atoms with Gasteiger partial charge in [0, 0.05) is 24.8 Å². The molecule has 0 atom stereocenters. The summed E-state index contributed by atoms with van der Waals surface area (Å²) in [6.45, 7) is 0.272. The number of anilines is 1. The van der Waals surface area contributed by atoms with Crippen LogP contribution >= 0.6 is 0 Å². The molecule has 0 aromatic heterocycles. The summed E-state index contributed by atoms with van der Waals surface area (Å²) >= 11 is 0. The van der Waals surface area contributed by atoms with Crippen molar-refractivity contribution in [3.8, 4) is 0 Å². The lowest BCUT2D eigenvalue weighted by Crippen LogP contribution is -2.26. The zero-order chi connectivity index (χ0) is 15.2. The van der Waals surface area contributed by atoms with E-state index >= 15 is 0 Å². The minimum atomic E-state index is -4.02. The van der Waals surface area contributed by atoms with Crippen LogP contribution in [0.3, 0.4) is 0 Å². The Morgan fingerprint density at radius 1 is 1.00 bits per heavy atom. The van der Waals surface area contributed by atoms with E-state index in [0.29, 0.717) is 11.8 Å². The van der Waals surface area contributed by atoms with Crippen molar-refractivity contribution in [2.75, 3.05) is 5.73 Å². The first-order chi connectivity index (χ1) is 9.88. The third-order valence-corrected chi connectivity index (χ3v) is 5.26. The Morgan fingerprint density at radius 3 is 2.43 bits per heavy atom. The van der Waals surface area contributed by atoms with Crippen molar-refractivity contribution in [1.29, 1.82) is 0 Å². The zero-order valence-electron chi connectivity index (χ0n) is 10.9. The molecule has 0 fully saturated rings. The van der Waals surface area contributed by atoms with Gasteiger partial charge in [-0.15, -0.1) is 0 Å². The first-order valence-corrected chi connectivity index (χ1v) is 7.64. The third kappa shape index (κ3) is 2.38. The normalized spacial score (nSPS) is 15.1. The van der Waals surface area contributed by atoms with E-state index in [1.54, 1.807) is 18.2 Å². The van der Waals surface area contributed by atoms with Gasteiger partial charge in [-0.2, -0.15) is 4.31 Å². The summed E-state index contributed by atoms with van der Waals surface area (Å²) in [5, 5.41) is 0. The topological polar surface area (TPSA) is 63.4 Å². The number of nitrogens with zero attached hydrogens (tertiary/aromatic N) is 1. The molecular formula is C14H12F2N2O2S. The average molecular weight is 310 g/mol. The van der Waals surface area contributed by atoms with Gasteiger partial charge in [-0.1, -0.05) is 6.07 Å². The second-order valence-corrected chi connectivity index (χ2v) is 6.78. The molecule has 0 saturated carbocycles. The van der Waals surface area contributed by atoms with Crippen LogP contribution in [0.15, 0.2) is 41.3 Å². The predicted octanol–water partition coefficient (Wildman–Crippen LogP) is 2.25. The Morgan fingerprint density at radius 2 is 1.71 bits per heavy atom. The van der Waals surface area contributed by atoms with Crippen LogP contribution in [0.25, 0.3) is 0 Å². The molecule has 7 heteroatoms. The lowest BCUT2D eigenvalue weighted by Gasteiger charge is -2.16. The van der Waals surface area contributed by atoms with E-state index in [-0.39, 0.29) is 13.1 Å². The number of nitrogens with two attached hydrogens (primary N) is 1. The summed E-state index contributed by atoms with van der Waals surface area (Å²) in [5.41, 5.74) is 7.83. The predicted molar refractivity (Wildman–Crippen MR) is 73.6 cm³/mol. The van der Waals surface area contributed by atoms with Crippen LogP contribution in [0.4, 0.5) is 14.5 Å². The second kappa shape index (κ2) is 4.78. The van der Waals surface area contributed by atoms with Crippen molar-refractivity contribution in [2.45, 2.75) is 18.0 Å². The number of nitrogen functional groups attached to an aromatic ring is 1. The summed E-state index contributed by atoms with van der Waals surface area (Å²) in [6.07, 6.45) is 0. The van der Waals surface area contributed by atoms with Crippen molar-refractivity contribution in [3.63, 3.8) is 0 Å². The van der Waals surface area contributed by atoms with Crippen molar-refractivity contribution >= 4 is 15.7 Å². The number of hydrogen-bond acceptors (Lipinski definition) is 3. The minimum absolute atomic E-state index is 0.125. The van der Waals surface area contributed by atoms with Gasteiger partial charge in [0.25, 0.3) is 0 Å². The Hall–Kier alpha value is -1.99. The highest BCUT2D eigenvalue weighted by molar-refractivity contribution is 7.89. The summed E-state index contributed by atoms with van der Waals surface area (Å²) in [7, 11) is -4.02. The van der Waals surface area contributed by atoms with Crippen LogP contribution in [-0.2, 0) is 23.1 Å². The lowest BCUT2D eigenvalue weighted by molar-refractivity contribution is 0.426. The van der Waals surface area contributed by atoms with Gasteiger partial charge >= 0.3 is 0 Å². The molecule has 0 amide bonds. The molecule has 4 nitrogen and oxygen atoms in total. The molecule has 110 valence electrons. The van der Waals surface area contributed by atoms with E-state index in [1.807, 2.05) is 0 Å². The molecule has 3 rings (SSSR count). The van der Waals surface area contributed by atoms with Gasteiger partial charge in [0.15, 0.2) is 0 Å². The maximum atomic E-state index is 13.7. The zero-order valence-corrected chi connectivity index (χ0v) is 11.7. The van der Waals surface area contributed by atoms with Crippen LogP contribution in [0, 0.1) is 11.6 Å². The molecule has 0 radical (unpaired) electrons. The molecule has 2 aromatic rings. The molecule has 2 aromatic carbocycles. The maximum absolute atomic E-state index is 13.7. The monoisotopic (exact) mass is 310 g/mol. The first-order valence-electron chi connectivity index (χ1n) is 6.20. The molecule has 21 heavy (non-hydrogen) atoms. The summed E-state index contributed by atoms with van der Waals surface area (Å²) in [4.78, 5) is -0.523. The van der Waals surface area contributed by atoms with E-state index in [4.69, 9.17) is 5.73 Å². The van der Waals surface area contributed by atoms with Gasteiger partial charge in [-0.3, -0.25) is 0 Å². The van der Waals surface area contributed by atoms with Crippen LogP contribution in [0.2, 0.25) is 0 Å². The minimum Gasteiger partial charge on any atom is -0.399 e. The second-order valence-electron chi connectivity index (χ2n) is 4.88. The summed E-state index contributed by atoms with van der Waals surface area (Å²) in [5.74, 6) is -1.91. The highest BCUT2D eigenvalue weighted by atomic mass is 32.2. The molecule has 2 N–H and O–H groups in total. The summed E-state index contributed by atoms with van der Waals surface area (Å²) < 4.78 is 52.7. The highest BCUT2D eigenvalue weighted by Gasteiger charge is 2.32. The lowest BCUT2D eigenvalue weighted by atomic mass is 10.1. The fraction of sp³-hybridized carbons (Fsp3) is 0.143. The number of sulfonamides is 1. The molecule has 0 spiro atoms. The molecule has 0 aliphatic carbocycles. The number of benzene rings is 2. The van der Waals surface area contributed by atoms with Crippen LogP contribution in [0.5, 0.6) is 0 Å². The third-order valence-electron chi connectivity index (χ3n) is 3.44. The van der Waals surface area contributed by atoms with E-state index in [0.717, 1.165) is 27.6 Å². The average Bonchev–Trinajstić information content (AvgIpc) is 2.81. The van der Waals surface area contributed by atoms with Crippen molar-refractivity contribution in [2.24, 2.45) is 0 Å². The van der Waals surface area contributed by atoms with Gasteiger partial charge in [0.05, 0.1) is 0 Å². The molecule has 0 bridgehead atoms. The highest BCUT2D eigenvalue weighted by Crippen LogP contribution is 2.30. The molecule has 1 aliphatic rings. The molecular weight excluding hydrogens is 298 g/mol. The number of fused-ring (bicyclic) bond motifs is 1. The van der Waals surface area contributed by atoms with Gasteiger partial charge in [-0.25, -0.2) is 17.2 Å². The van der Waals surface area contributed by atoms with Crippen LogP contribution in [0.1, 0.15) is 11.1 Å². The molecule has 0 saturated heterocycles. The van der Waals surface area contributed by atoms with E-state index in [9.17, 15) is 17.2 Å². The number of rotatable bonds is 2. The van der Waals surface area contributed by atoms with Gasteiger partial charge < -0.3 is 5.73 Å². The van der Waals surface area contributed by atoms with E-state index in [1.165, 1.54) is 0 Å². The SMILES string of the molecule is Nc1ccc2c(c1)CN(S(=O)(=O)c1ccc(F)cc1F)C2. The number of halogens is 2. The Bertz CT molecular complexity index is 822. The van der Waals surface area contributed by atoms with Crippen molar-refractivity contribution < 1.29 is 17.2 Å². The Kier molecular flexibility index (Phi) is 3.18. The molecule has 1 aliphatic heterocycles. The Balaban J connectivity index is 1.98. The standard InChI is InChI=1S/C14H12F2N2O2S/c15-11-2-4-14(13(16)6-11)21(19,20)18-7-9-1-3-12(17)5-10(9)8-18/h1-6H,7-8,17H2. The molecule has 1 heterocycles. The van der Waals surface area contributed by atoms with Crippen LogP contribution < -0.4 is 5.73 Å². The van der Waals surface area contributed by atoms with E-state index in [2.05, 4.69) is 0 Å². The van der Waals surface area contributed by atoms with Gasteiger partial charge in [0.1, 0.15) is 16.5 Å². The maximum Gasteiger partial charge on any atom is 0.246 e. The fourth-order valence-electron chi connectivity index (χ4n) is 2.38. The Labute approximate surface area is 120 Å². The first kappa shape index (κ1) is 14.0. The van der Waals surface area contributed by atoms with Crippen LogP contribution in [-0.4, -0.2) is 12.7 Å². The van der Waals surface area contributed by atoms with Gasteiger partial charge in [0.2, 0.25) is 10.0 Å². The van der Waals surface area contributed by atoms with E-state index < -0.39 is 26.6 Å². The van der Waals surface area contributed by atoms with Gasteiger partial charge in [-0.05, 0) is 35.4 Å². The van der Waals surface area contributed by atoms with Crippen molar-refractivity contribution in [1.82, 2.24) is 4.31 Å². The van der Waals surface area contributed by atoms with Crippen molar-refractivity contribution in [3.05, 3.63) is 59.2 Å². The smallest absolute Gasteiger partial charge is 0.246 e. The number of hydrogen-bond donors (Lipinski definition) is 1. The quantitative estimate of drug-likeness (QED) is 0.865. The summed E-state index contributed by atoms with van der Waals surface area (Å²) in [6, 6.07) is 7.57. The fourth-order valence-corrected chi connectivity index (χ4v) is 3.82. The molecule has 0 unspecified atom stereocenters.